The molecule has 7 nitrogen and oxygen atoms in total. The maximum atomic E-state index is 13.2. The van der Waals surface area contributed by atoms with Crippen molar-refractivity contribution in [2.24, 2.45) is 0 Å². The van der Waals surface area contributed by atoms with Crippen molar-refractivity contribution in [2.75, 3.05) is 7.11 Å². The predicted octanol–water partition coefficient (Wildman–Crippen LogP) is 5.49. The lowest BCUT2D eigenvalue weighted by atomic mass is 9.95. The van der Waals surface area contributed by atoms with Gasteiger partial charge in [-0.05, 0) is 59.7 Å². The maximum Gasteiger partial charge on any atom is 0.296 e. The quantitative estimate of drug-likeness (QED) is 0.198. The van der Waals surface area contributed by atoms with Crippen LogP contribution in [0.5, 0.6) is 11.5 Å². The topological polar surface area (TPSA) is 89.2 Å². The Kier molecular flexibility index (Phi) is 6.76. The number of amides is 1. The Hall–Kier alpha value is -4.78. The van der Waals surface area contributed by atoms with Gasteiger partial charge in [-0.15, -0.1) is 0 Å². The van der Waals surface area contributed by atoms with E-state index >= 15 is 0 Å². The molecule has 1 amide bonds. The number of likely N-dealkylation sites (tertiary alicyclic amines) is 1. The molecule has 4 aromatic rings. The number of methoxy groups -OCH3 is 1. The number of aliphatic hydroxyl groups excluding tert-OH is 1. The second-order valence-corrected chi connectivity index (χ2v) is 8.58. The average molecular weight is 496 g/mol. The van der Waals surface area contributed by atoms with Crippen molar-refractivity contribution in [1.82, 2.24) is 4.90 Å². The molecule has 7 heteroatoms. The van der Waals surface area contributed by atoms with E-state index in [0.29, 0.717) is 35.0 Å². The molecule has 0 bridgehead atoms. The maximum absolute atomic E-state index is 13.2. The number of nitrogens with zero attached hydrogens (tertiary/aromatic N) is 1. The van der Waals surface area contributed by atoms with Crippen LogP contribution in [0, 0.1) is 0 Å². The summed E-state index contributed by atoms with van der Waals surface area (Å²) in [5, 5.41) is 11.2. The fraction of sp³-hybridized carbons (Fsp3) is 0.133. The Balaban J connectivity index is 1.50. The molecular weight excluding hydrogens is 470 g/mol. The summed E-state index contributed by atoms with van der Waals surface area (Å²) >= 11 is 0. The number of rotatable bonds is 8. The molecule has 186 valence electrons. The minimum atomic E-state index is -0.810. The van der Waals surface area contributed by atoms with Crippen LogP contribution in [0.25, 0.3) is 5.76 Å². The summed E-state index contributed by atoms with van der Waals surface area (Å²) < 4.78 is 16.5. The van der Waals surface area contributed by atoms with Crippen molar-refractivity contribution in [3.8, 4) is 11.5 Å². The minimum Gasteiger partial charge on any atom is -0.507 e. The molecule has 1 aromatic heterocycles. The summed E-state index contributed by atoms with van der Waals surface area (Å²) in [7, 11) is 1.54. The number of carbonyl (C=O) groups is 2. The van der Waals surface area contributed by atoms with E-state index in [2.05, 4.69) is 0 Å². The third-order valence-electron chi connectivity index (χ3n) is 6.25. The number of furan rings is 1. The second kappa shape index (κ2) is 10.5. The van der Waals surface area contributed by atoms with Crippen molar-refractivity contribution in [3.05, 3.63) is 125 Å². The Morgan fingerprint density at radius 2 is 1.59 bits per heavy atom. The third-order valence-corrected chi connectivity index (χ3v) is 6.25. The van der Waals surface area contributed by atoms with Crippen molar-refractivity contribution < 1.29 is 28.6 Å². The number of ketones is 1. The van der Waals surface area contributed by atoms with Gasteiger partial charge in [-0.1, -0.05) is 42.5 Å². The molecule has 37 heavy (non-hydrogen) atoms. The first kappa shape index (κ1) is 23.9. The molecule has 0 aliphatic carbocycles. The number of carbonyl (C=O) groups excluding carboxylic acids is 2. The summed E-state index contributed by atoms with van der Waals surface area (Å²) in [5.74, 6) is 0.0647. The largest absolute Gasteiger partial charge is 0.507 e. The van der Waals surface area contributed by atoms with Crippen LogP contribution in [0.15, 0.2) is 107 Å². The molecule has 1 fully saturated rings. The van der Waals surface area contributed by atoms with E-state index in [4.69, 9.17) is 13.9 Å². The van der Waals surface area contributed by atoms with Crippen LogP contribution in [0.3, 0.4) is 0 Å². The predicted molar refractivity (Wildman–Crippen MR) is 137 cm³/mol. The van der Waals surface area contributed by atoms with Crippen LogP contribution in [0.4, 0.5) is 0 Å². The van der Waals surface area contributed by atoms with Gasteiger partial charge in [-0.3, -0.25) is 9.59 Å². The Morgan fingerprint density at radius 1 is 0.892 bits per heavy atom. The van der Waals surface area contributed by atoms with Gasteiger partial charge in [0.25, 0.3) is 11.7 Å². The van der Waals surface area contributed by atoms with E-state index in [9.17, 15) is 14.7 Å². The van der Waals surface area contributed by atoms with Crippen molar-refractivity contribution >= 4 is 17.4 Å². The highest BCUT2D eigenvalue weighted by atomic mass is 16.5. The van der Waals surface area contributed by atoms with Gasteiger partial charge >= 0.3 is 0 Å². The van der Waals surface area contributed by atoms with Gasteiger partial charge in [0, 0.05) is 5.56 Å². The molecule has 1 N–H and O–H groups in total. The first-order valence-corrected chi connectivity index (χ1v) is 11.8. The summed E-state index contributed by atoms with van der Waals surface area (Å²) in [6.45, 7) is 0.489. The first-order chi connectivity index (χ1) is 18.0. The molecule has 1 atom stereocenters. The fourth-order valence-electron chi connectivity index (χ4n) is 4.35. The summed E-state index contributed by atoms with van der Waals surface area (Å²) in [6, 6.07) is 26.3. The lowest BCUT2D eigenvalue weighted by molar-refractivity contribution is -0.140. The molecule has 1 aliphatic heterocycles. The van der Waals surface area contributed by atoms with Crippen LogP contribution in [0.1, 0.15) is 28.5 Å². The second-order valence-electron chi connectivity index (χ2n) is 8.58. The highest BCUT2D eigenvalue weighted by Crippen LogP contribution is 2.41. The third kappa shape index (κ3) is 4.97. The lowest BCUT2D eigenvalue weighted by Gasteiger charge is -2.24. The first-order valence-electron chi connectivity index (χ1n) is 11.8. The Bertz CT molecular complexity index is 1410. The zero-order valence-electron chi connectivity index (χ0n) is 20.2. The number of hydrogen-bond acceptors (Lipinski definition) is 6. The van der Waals surface area contributed by atoms with Gasteiger partial charge in [-0.25, -0.2) is 0 Å². The van der Waals surface area contributed by atoms with Gasteiger partial charge in [0.05, 0.1) is 31.5 Å². The molecule has 3 aromatic carbocycles. The molecule has 2 heterocycles. The van der Waals surface area contributed by atoms with Gasteiger partial charge in [0.1, 0.15) is 29.6 Å². The van der Waals surface area contributed by atoms with E-state index in [1.807, 2.05) is 30.3 Å². The van der Waals surface area contributed by atoms with Crippen molar-refractivity contribution in [2.45, 2.75) is 19.2 Å². The fourth-order valence-corrected chi connectivity index (χ4v) is 4.35. The molecule has 0 saturated carbocycles. The van der Waals surface area contributed by atoms with Crippen LogP contribution in [-0.2, 0) is 22.7 Å². The highest BCUT2D eigenvalue weighted by molar-refractivity contribution is 6.46. The van der Waals surface area contributed by atoms with Crippen LogP contribution in [0.2, 0.25) is 0 Å². The van der Waals surface area contributed by atoms with E-state index in [1.54, 1.807) is 67.8 Å². The van der Waals surface area contributed by atoms with Crippen molar-refractivity contribution in [3.63, 3.8) is 0 Å². The van der Waals surface area contributed by atoms with E-state index in [0.717, 1.165) is 5.56 Å². The Morgan fingerprint density at radius 3 is 2.24 bits per heavy atom. The Labute approximate surface area is 214 Å². The van der Waals surface area contributed by atoms with Gasteiger partial charge in [-0.2, -0.15) is 0 Å². The smallest absolute Gasteiger partial charge is 0.296 e. The molecule has 5 rings (SSSR count). The molecule has 0 spiro atoms. The standard InChI is InChI=1S/C30H25NO6/c1-35-23-13-11-22(12-14-23)28(32)26-27(31(30(34)29(26)33)18-25-8-5-17-36-25)21-9-15-24(16-10-21)37-19-20-6-3-2-4-7-20/h2-17,27,32H,18-19H2,1H3. The zero-order chi connectivity index (χ0) is 25.8. The van der Waals surface area contributed by atoms with Crippen LogP contribution in [-0.4, -0.2) is 28.8 Å². The van der Waals surface area contributed by atoms with Crippen LogP contribution >= 0.6 is 0 Å². The highest BCUT2D eigenvalue weighted by Gasteiger charge is 2.46. The molecule has 0 radical (unpaired) electrons. The molecular formula is C30H25NO6. The van der Waals surface area contributed by atoms with Gasteiger partial charge in [0.15, 0.2) is 0 Å². The monoisotopic (exact) mass is 495 g/mol. The van der Waals surface area contributed by atoms with E-state index in [-0.39, 0.29) is 17.9 Å². The molecule has 1 saturated heterocycles. The normalized spacial score (nSPS) is 16.7. The number of ether oxygens (including phenoxy) is 2. The number of Topliss-reactive ketones (excluding diaryl/α,β-unsaturated/α-hetero) is 1. The summed E-state index contributed by atoms with van der Waals surface area (Å²) in [6.07, 6.45) is 1.51. The molecule has 1 aliphatic rings. The number of aliphatic hydroxyl groups is 1. The van der Waals surface area contributed by atoms with Crippen molar-refractivity contribution in [1.29, 1.82) is 0 Å². The van der Waals surface area contributed by atoms with E-state index in [1.165, 1.54) is 11.2 Å². The zero-order valence-corrected chi connectivity index (χ0v) is 20.2. The SMILES string of the molecule is COc1ccc(C(O)=C2C(=O)C(=O)N(Cc3ccco3)C2c2ccc(OCc3ccccc3)cc2)cc1. The van der Waals surface area contributed by atoms with Gasteiger partial charge in [0.2, 0.25) is 0 Å². The average Bonchev–Trinajstić information content (AvgIpc) is 3.55. The lowest BCUT2D eigenvalue weighted by Crippen LogP contribution is -2.29. The van der Waals surface area contributed by atoms with E-state index < -0.39 is 17.7 Å². The minimum absolute atomic E-state index is 0.0136. The summed E-state index contributed by atoms with van der Waals surface area (Å²) in [5.41, 5.74) is 2.12. The number of hydrogen-bond donors (Lipinski definition) is 1. The summed E-state index contributed by atoms with van der Waals surface area (Å²) in [4.78, 5) is 27.7. The van der Waals surface area contributed by atoms with Gasteiger partial charge < -0.3 is 23.9 Å². The van der Waals surface area contributed by atoms with Crippen LogP contribution < -0.4 is 9.47 Å². The molecule has 1 unspecified atom stereocenters. The number of benzene rings is 3.